The SMILES string of the molecule is CC1CCC(C(C)C)C(O)C1.COC(CC(C)=O)c1ccccc1. The van der Waals surface area contributed by atoms with Crippen LogP contribution in [0, 0.1) is 17.8 Å². The number of hydrogen-bond acceptors (Lipinski definition) is 3. The summed E-state index contributed by atoms with van der Waals surface area (Å²) in [6.45, 7) is 8.24. The molecular weight excluding hydrogens is 300 g/mol. The number of aliphatic hydroxyl groups is 1. The molecule has 0 radical (unpaired) electrons. The van der Waals surface area contributed by atoms with Gasteiger partial charge in [-0.15, -0.1) is 0 Å². The number of ketones is 1. The summed E-state index contributed by atoms with van der Waals surface area (Å²) in [5, 5.41) is 9.71. The Kier molecular flexibility index (Phi) is 9.24. The van der Waals surface area contributed by atoms with Gasteiger partial charge < -0.3 is 9.84 Å². The van der Waals surface area contributed by atoms with Crippen molar-refractivity contribution in [1.82, 2.24) is 0 Å². The van der Waals surface area contributed by atoms with Crippen LogP contribution >= 0.6 is 0 Å². The number of ether oxygens (including phenoxy) is 1. The van der Waals surface area contributed by atoms with Crippen molar-refractivity contribution in [2.75, 3.05) is 7.11 Å². The monoisotopic (exact) mass is 334 g/mol. The Balaban J connectivity index is 0.000000243. The summed E-state index contributed by atoms with van der Waals surface area (Å²) in [4.78, 5) is 10.9. The summed E-state index contributed by atoms with van der Waals surface area (Å²) in [7, 11) is 1.63. The first-order valence-electron chi connectivity index (χ1n) is 9.10. The van der Waals surface area contributed by atoms with Crippen LogP contribution in [0.2, 0.25) is 0 Å². The van der Waals surface area contributed by atoms with Crippen LogP contribution in [-0.2, 0) is 9.53 Å². The van der Waals surface area contributed by atoms with Crippen molar-refractivity contribution in [3.63, 3.8) is 0 Å². The molecule has 2 rings (SSSR count). The Bertz CT molecular complexity index is 469. The van der Waals surface area contributed by atoms with Gasteiger partial charge in [-0.05, 0) is 43.1 Å². The van der Waals surface area contributed by atoms with E-state index in [1.807, 2.05) is 30.3 Å². The van der Waals surface area contributed by atoms with E-state index >= 15 is 0 Å². The van der Waals surface area contributed by atoms with Crippen molar-refractivity contribution in [2.45, 2.75) is 65.6 Å². The fraction of sp³-hybridized carbons (Fsp3) is 0.667. The van der Waals surface area contributed by atoms with E-state index in [2.05, 4.69) is 20.8 Å². The summed E-state index contributed by atoms with van der Waals surface area (Å²) in [5.74, 6) is 2.10. The van der Waals surface area contributed by atoms with Crippen molar-refractivity contribution in [1.29, 1.82) is 0 Å². The van der Waals surface area contributed by atoms with Crippen LogP contribution in [0.3, 0.4) is 0 Å². The van der Waals surface area contributed by atoms with Crippen molar-refractivity contribution >= 4 is 5.78 Å². The zero-order valence-electron chi connectivity index (χ0n) is 15.9. The lowest BCUT2D eigenvalue weighted by atomic mass is 9.75. The van der Waals surface area contributed by atoms with Gasteiger partial charge in [-0.3, -0.25) is 4.79 Å². The first-order valence-corrected chi connectivity index (χ1v) is 9.10. The largest absolute Gasteiger partial charge is 0.393 e. The molecule has 1 aliphatic carbocycles. The minimum Gasteiger partial charge on any atom is -0.393 e. The van der Waals surface area contributed by atoms with Crippen LogP contribution in [0.4, 0.5) is 0 Å². The van der Waals surface area contributed by atoms with E-state index in [4.69, 9.17) is 4.74 Å². The number of aliphatic hydroxyl groups excluding tert-OH is 1. The van der Waals surface area contributed by atoms with Crippen LogP contribution in [0.1, 0.15) is 65.0 Å². The number of methoxy groups -OCH3 is 1. The summed E-state index contributed by atoms with van der Waals surface area (Å²) in [5.41, 5.74) is 1.06. The second kappa shape index (κ2) is 10.6. The van der Waals surface area contributed by atoms with Gasteiger partial charge in [0.2, 0.25) is 0 Å². The van der Waals surface area contributed by atoms with Crippen LogP contribution < -0.4 is 0 Å². The molecule has 3 heteroatoms. The normalized spacial score (nSPS) is 24.9. The zero-order valence-corrected chi connectivity index (χ0v) is 15.9. The van der Waals surface area contributed by atoms with E-state index in [0.717, 1.165) is 17.9 Å². The predicted octanol–water partition coefficient (Wildman–Crippen LogP) is 4.79. The molecule has 4 atom stereocenters. The molecule has 1 fully saturated rings. The minimum atomic E-state index is -0.0984. The van der Waals surface area contributed by atoms with Gasteiger partial charge in [-0.2, -0.15) is 0 Å². The van der Waals surface area contributed by atoms with Gasteiger partial charge in [0.05, 0.1) is 12.2 Å². The van der Waals surface area contributed by atoms with Gasteiger partial charge in [0.15, 0.2) is 0 Å². The number of carbonyl (C=O) groups is 1. The molecule has 1 aromatic carbocycles. The van der Waals surface area contributed by atoms with Gasteiger partial charge in [0, 0.05) is 13.5 Å². The number of benzene rings is 1. The Morgan fingerprint density at radius 1 is 1.25 bits per heavy atom. The Morgan fingerprint density at radius 3 is 2.33 bits per heavy atom. The molecule has 0 bridgehead atoms. The molecule has 0 aromatic heterocycles. The highest BCUT2D eigenvalue weighted by Crippen LogP contribution is 2.33. The van der Waals surface area contributed by atoms with Gasteiger partial charge in [-0.25, -0.2) is 0 Å². The first kappa shape index (κ1) is 20.9. The van der Waals surface area contributed by atoms with E-state index in [1.165, 1.54) is 12.8 Å². The average Bonchev–Trinajstić information content (AvgIpc) is 2.53. The van der Waals surface area contributed by atoms with Crippen molar-refractivity contribution in [2.24, 2.45) is 17.8 Å². The van der Waals surface area contributed by atoms with Gasteiger partial charge in [0.25, 0.3) is 0 Å². The van der Waals surface area contributed by atoms with Crippen molar-refractivity contribution in [3.8, 4) is 0 Å². The molecule has 4 unspecified atom stereocenters. The first-order chi connectivity index (χ1) is 11.3. The average molecular weight is 334 g/mol. The molecule has 0 spiro atoms. The summed E-state index contributed by atoms with van der Waals surface area (Å²) in [6.07, 6.45) is 3.86. The number of hydrogen-bond donors (Lipinski definition) is 1. The fourth-order valence-electron chi connectivity index (χ4n) is 3.42. The lowest BCUT2D eigenvalue weighted by molar-refractivity contribution is -0.119. The van der Waals surface area contributed by atoms with E-state index in [9.17, 15) is 9.90 Å². The smallest absolute Gasteiger partial charge is 0.132 e. The maximum atomic E-state index is 10.9. The van der Waals surface area contributed by atoms with Crippen LogP contribution in [0.5, 0.6) is 0 Å². The number of Topliss-reactive ketones (excluding diaryl/α,β-unsaturated/α-hetero) is 1. The Hall–Kier alpha value is -1.19. The molecule has 24 heavy (non-hydrogen) atoms. The van der Waals surface area contributed by atoms with Crippen molar-refractivity contribution in [3.05, 3.63) is 35.9 Å². The molecule has 0 amide bonds. The maximum absolute atomic E-state index is 10.9. The lowest BCUT2D eigenvalue weighted by Gasteiger charge is -2.33. The Morgan fingerprint density at radius 2 is 1.88 bits per heavy atom. The zero-order chi connectivity index (χ0) is 18.1. The third kappa shape index (κ3) is 7.14. The summed E-state index contributed by atoms with van der Waals surface area (Å²) >= 11 is 0. The van der Waals surface area contributed by atoms with Gasteiger partial charge in [0.1, 0.15) is 5.78 Å². The van der Waals surface area contributed by atoms with Crippen LogP contribution in [0.25, 0.3) is 0 Å². The lowest BCUT2D eigenvalue weighted by Crippen LogP contribution is -2.31. The molecular formula is C21H34O3. The molecule has 1 aromatic rings. The molecule has 0 aliphatic heterocycles. The van der Waals surface area contributed by atoms with E-state index in [1.54, 1.807) is 14.0 Å². The standard InChI is InChI=1S/C11H14O2.C10H20O/c1-9(12)8-11(13-2)10-6-4-3-5-7-10;1-7(2)9-5-4-8(3)6-10(9)11/h3-7,11H,8H2,1-2H3;7-11H,4-6H2,1-3H3. The number of rotatable bonds is 5. The Labute approximate surface area is 147 Å². The summed E-state index contributed by atoms with van der Waals surface area (Å²) in [6, 6.07) is 9.78. The third-order valence-corrected chi connectivity index (χ3v) is 4.92. The highest BCUT2D eigenvalue weighted by Gasteiger charge is 2.28. The minimum absolute atomic E-state index is 0.0289. The molecule has 0 heterocycles. The number of carbonyl (C=O) groups excluding carboxylic acids is 1. The maximum Gasteiger partial charge on any atom is 0.132 e. The third-order valence-electron chi connectivity index (χ3n) is 4.92. The highest BCUT2D eigenvalue weighted by atomic mass is 16.5. The molecule has 3 nitrogen and oxygen atoms in total. The van der Waals surface area contributed by atoms with Crippen LogP contribution in [0.15, 0.2) is 30.3 Å². The van der Waals surface area contributed by atoms with E-state index in [0.29, 0.717) is 18.3 Å². The van der Waals surface area contributed by atoms with Crippen LogP contribution in [-0.4, -0.2) is 24.1 Å². The second-order valence-electron chi connectivity index (χ2n) is 7.43. The fourth-order valence-corrected chi connectivity index (χ4v) is 3.42. The second-order valence-corrected chi connectivity index (χ2v) is 7.43. The summed E-state index contributed by atoms with van der Waals surface area (Å²) < 4.78 is 5.23. The van der Waals surface area contributed by atoms with Crippen molar-refractivity contribution < 1.29 is 14.6 Å². The van der Waals surface area contributed by atoms with Gasteiger partial charge in [-0.1, -0.05) is 57.5 Å². The topological polar surface area (TPSA) is 46.5 Å². The van der Waals surface area contributed by atoms with Gasteiger partial charge >= 0.3 is 0 Å². The molecule has 1 aliphatic rings. The quantitative estimate of drug-likeness (QED) is 0.842. The van der Waals surface area contributed by atoms with E-state index < -0.39 is 0 Å². The highest BCUT2D eigenvalue weighted by molar-refractivity contribution is 5.76. The molecule has 0 saturated heterocycles. The molecule has 136 valence electrons. The predicted molar refractivity (Wildman–Crippen MR) is 98.8 cm³/mol. The molecule has 1 N–H and O–H groups in total. The van der Waals surface area contributed by atoms with E-state index in [-0.39, 0.29) is 18.0 Å². The molecule has 1 saturated carbocycles.